The van der Waals surface area contributed by atoms with Crippen LogP contribution in [-0.2, 0) is 9.53 Å². The van der Waals surface area contributed by atoms with Gasteiger partial charge in [0.1, 0.15) is 17.2 Å². The number of hydrogen-bond acceptors (Lipinski definition) is 5. The van der Waals surface area contributed by atoms with Crippen LogP contribution in [0.25, 0.3) is 10.9 Å². The number of carbonyl (C=O) groups is 2. The molecule has 0 bridgehead atoms. The third-order valence-electron chi connectivity index (χ3n) is 5.58. The summed E-state index contributed by atoms with van der Waals surface area (Å²) < 4.78 is 19.6. The first kappa shape index (κ1) is 22.8. The molecule has 0 saturated carbocycles. The molecule has 2 aromatic rings. The SMILES string of the molecule is Cc1c(F)ccc2cc(C(C)NC(=O)OC(C)(C)C)c(N3CCC(C(N)=O)CC3)nc12. The number of amides is 2. The van der Waals surface area contributed by atoms with Crippen LogP contribution in [0.1, 0.15) is 57.7 Å². The Balaban J connectivity index is 1.98. The van der Waals surface area contributed by atoms with E-state index < -0.39 is 11.7 Å². The number of anilines is 1. The molecule has 0 radical (unpaired) electrons. The molecule has 1 aromatic carbocycles. The maximum Gasteiger partial charge on any atom is 0.408 e. The Labute approximate surface area is 182 Å². The minimum Gasteiger partial charge on any atom is -0.444 e. The number of halogens is 1. The molecular formula is C23H31FN4O3. The molecule has 8 heteroatoms. The topological polar surface area (TPSA) is 97.5 Å². The second-order valence-corrected chi connectivity index (χ2v) is 9.18. The van der Waals surface area contributed by atoms with Crippen LogP contribution < -0.4 is 16.0 Å². The number of alkyl carbamates (subject to hydrolysis) is 1. The molecule has 1 saturated heterocycles. The van der Waals surface area contributed by atoms with Gasteiger partial charge in [-0.05, 0) is 65.7 Å². The lowest BCUT2D eigenvalue weighted by molar-refractivity contribution is -0.122. The van der Waals surface area contributed by atoms with Crippen molar-refractivity contribution in [2.75, 3.05) is 18.0 Å². The number of primary amides is 1. The Hall–Kier alpha value is -2.90. The molecular weight excluding hydrogens is 399 g/mol. The summed E-state index contributed by atoms with van der Waals surface area (Å²) >= 11 is 0. The van der Waals surface area contributed by atoms with Gasteiger partial charge >= 0.3 is 6.09 Å². The largest absolute Gasteiger partial charge is 0.444 e. The fraction of sp³-hybridized carbons (Fsp3) is 0.522. The van der Waals surface area contributed by atoms with E-state index >= 15 is 0 Å². The fourth-order valence-corrected chi connectivity index (χ4v) is 3.87. The van der Waals surface area contributed by atoms with Crippen molar-refractivity contribution in [3.63, 3.8) is 0 Å². The van der Waals surface area contributed by atoms with Crippen LogP contribution in [0.15, 0.2) is 18.2 Å². The lowest BCUT2D eigenvalue weighted by atomic mass is 9.95. The highest BCUT2D eigenvalue weighted by atomic mass is 19.1. The van der Waals surface area contributed by atoms with Crippen molar-refractivity contribution in [1.29, 1.82) is 0 Å². The molecule has 1 fully saturated rings. The average molecular weight is 431 g/mol. The van der Waals surface area contributed by atoms with Crippen molar-refractivity contribution in [2.24, 2.45) is 11.7 Å². The molecule has 3 N–H and O–H groups in total. The number of nitrogens with zero attached hydrogens (tertiary/aromatic N) is 2. The number of rotatable bonds is 4. The van der Waals surface area contributed by atoms with Crippen molar-refractivity contribution >= 4 is 28.7 Å². The Bertz CT molecular complexity index is 994. The molecule has 7 nitrogen and oxygen atoms in total. The second-order valence-electron chi connectivity index (χ2n) is 9.18. The van der Waals surface area contributed by atoms with Gasteiger partial charge in [0, 0.05) is 35.5 Å². The lowest BCUT2D eigenvalue weighted by Crippen LogP contribution is -2.40. The van der Waals surface area contributed by atoms with E-state index in [1.165, 1.54) is 6.07 Å². The highest BCUT2D eigenvalue weighted by Gasteiger charge is 2.28. The summed E-state index contributed by atoms with van der Waals surface area (Å²) in [5.74, 6) is -0.0837. The number of benzene rings is 1. The van der Waals surface area contributed by atoms with Crippen molar-refractivity contribution in [3.8, 4) is 0 Å². The first-order chi connectivity index (χ1) is 14.5. The zero-order valence-electron chi connectivity index (χ0n) is 18.8. The maximum absolute atomic E-state index is 14.2. The van der Waals surface area contributed by atoms with Crippen molar-refractivity contribution in [3.05, 3.63) is 35.1 Å². The van der Waals surface area contributed by atoms with Crippen LogP contribution in [0.4, 0.5) is 15.0 Å². The van der Waals surface area contributed by atoms with Gasteiger partial charge in [0.25, 0.3) is 0 Å². The first-order valence-corrected chi connectivity index (χ1v) is 10.6. The minimum atomic E-state index is -0.612. The van der Waals surface area contributed by atoms with Crippen LogP contribution in [-0.4, -0.2) is 35.7 Å². The summed E-state index contributed by atoms with van der Waals surface area (Å²) in [6, 6.07) is 4.66. The van der Waals surface area contributed by atoms with E-state index in [0.717, 1.165) is 10.9 Å². The number of carbonyl (C=O) groups excluding carboxylic acids is 2. The number of fused-ring (bicyclic) bond motifs is 1. The summed E-state index contributed by atoms with van der Waals surface area (Å²) in [7, 11) is 0. The summed E-state index contributed by atoms with van der Waals surface area (Å²) in [6.07, 6.45) is 0.739. The van der Waals surface area contributed by atoms with Crippen LogP contribution >= 0.6 is 0 Å². The highest BCUT2D eigenvalue weighted by molar-refractivity contribution is 5.85. The maximum atomic E-state index is 14.2. The summed E-state index contributed by atoms with van der Waals surface area (Å²) in [6.45, 7) is 10.2. The van der Waals surface area contributed by atoms with E-state index in [0.29, 0.717) is 42.8 Å². The standard InChI is InChI=1S/C23H31FN4O3/c1-13-18(24)7-6-16-12-17(14(2)26-22(30)31-23(3,4)5)21(27-19(13)16)28-10-8-15(9-11-28)20(25)29/h6-7,12,14-15H,8-11H2,1-5H3,(H2,25,29)(H,26,30). The molecule has 168 valence electrons. The van der Waals surface area contributed by atoms with E-state index in [9.17, 15) is 14.0 Å². The van der Waals surface area contributed by atoms with Gasteiger partial charge < -0.3 is 20.7 Å². The van der Waals surface area contributed by atoms with E-state index in [2.05, 4.69) is 10.2 Å². The number of nitrogens with one attached hydrogen (secondary N) is 1. The van der Waals surface area contributed by atoms with Gasteiger partial charge in [-0.25, -0.2) is 14.2 Å². The molecule has 1 atom stereocenters. The van der Waals surface area contributed by atoms with E-state index in [4.69, 9.17) is 15.5 Å². The molecule has 0 spiro atoms. The zero-order chi connectivity index (χ0) is 22.9. The van der Waals surface area contributed by atoms with Gasteiger partial charge in [0.2, 0.25) is 5.91 Å². The zero-order valence-corrected chi connectivity index (χ0v) is 18.8. The van der Waals surface area contributed by atoms with Crippen LogP contribution in [0.5, 0.6) is 0 Å². The Kier molecular flexibility index (Phi) is 6.38. The molecule has 0 aliphatic carbocycles. The van der Waals surface area contributed by atoms with E-state index in [1.54, 1.807) is 33.8 Å². The normalized spacial score (nSPS) is 16.3. The van der Waals surface area contributed by atoms with Gasteiger partial charge in [-0.2, -0.15) is 0 Å². The number of aromatic nitrogens is 1. The summed E-state index contributed by atoms with van der Waals surface area (Å²) in [4.78, 5) is 30.8. The number of hydrogen-bond donors (Lipinski definition) is 2. The van der Waals surface area contributed by atoms with Crippen LogP contribution in [0, 0.1) is 18.7 Å². The van der Waals surface area contributed by atoms with Gasteiger partial charge in [0.05, 0.1) is 11.6 Å². The van der Waals surface area contributed by atoms with Gasteiger partial charge in [-0.15, -0.1) is 0 Å². The number of aryl methyl sites for hydroxylation is 1. The number of nitrogens with two attached hydrogens (primary N) is 1. The average Bonchev–Trinajstić information content (AvgIpc) is 2.68. The van der Waals surface area contributed by atoms with Gasteiger partial charge in [0.15, 0.2) is 0 Å². The predicted octanol–water partition coefficient (Wildman–Crippen LogP) is 3.97. The first-order valence-electron chi connectivity index (χ1n) is 10.6. The Morgan fingerprint density at radius 2 is 1.94 bits per heavy atom. The van der Waals surface area contributed by atoms with E-state index in [-0.39, 0.29) is 23.7 Å². The lowest BCUT2D eigenvalue weighted by Gasteiger charge is -2.34. The smallest absolute Gasteiger partial charge is 0.408 e. The third kappa shape index (κ3) is 5.24. The van der Waals surface area contributed by atoms with E-state index in [1.807, 2.05) is 13.0 Å². The third-order valence-corrected chi connectivity index (χ3v) is 5.58. The molecule has 1 unspecified atom stereocenters. The molecule has 3 rings (SSSR count). The Morgan fingerprint density at radius 3 is 2.52 bits per heavy atom. The molecule has 2 amide bonds. The highest BCUT2D eigenvalue weighted by Crippen LogP contribution is 2.33. The van der Waals surface area contributed by atoms with Gasteiger partial charge in [-0.1, -0.05) is 0 Å². The Morgan fingerprint density at radius 1 is 1.29 bits per heavy atom. The van der Waals surface area contributed by atoms with Crippen molar-refractivity contribution in [2.45, 2.75) is 59.1 Å². The molecule has 2 heterocycles. The molecule has 31 heavy (non-hydrogen) atoms. The molecule has 1 aliphatic rings. The number of piperidine rings is 1. The van der Waals surface area contributed by atoms with Crippen LogP contribution in [0.2, 0.25) is 0 Å². The van der Waals surface area contributed by atoms with Crippen molar-refractivity contribution in [1.82, 2.24) is 10.3 Å². The quantitative estimate of drug-likeness (QED) is 0.765. The number of pyridine rings is 1. The van der Waals surface area contributed by atoms with Gasteiger partial charge in [-0.3, -0.25) is 4.79 Å². The number of ether oxygens (including phenoxy) is 1. The monoisotopic (exact) mass is 430 g/mol. The summed E-state index contributed by atoms with van der Waals surface area (Å²) in [5.41, 5.74) is 6.73. The molecule has 1 aromatic heterocycles. The predicted molar refractivity (Wildman–Crippen MR) is 118 cm³/mol. The summed E-state index contributed by atoms with van der Waals surface area (Å²) in [5, 5.41) is 3.67. The fourth-order valence-electron chi connectivity index (χ4n) is 3.87. The molecule has 1 aliphatic heterocycles. The minimum absolute atomic E-state index is 0.156. The van der Waals surface area contributed by atoms with Crippen molar-refractivity contribution < 1.29 is 18.7 Å². The second kappa shape index (κ2) is 8.69. The van der Waals surface area contributed by atoms with Crippen LogP contribution in [0.3, 0.4) is 0 Å².